The quantitative estimate of drug-likeness (QED) is 0.882. The Kier molecular flexibility index (Phi) is 5.37. The van der Waals surface area contributed by atoms with E-state index in [2.05, 4.69) is 55.3 Å². The molecule has 0 aliphatic heterocycles. The largest absolute Gasteiger partial charge is 0.493 e. The number of ether oxygens (including phenoxy) is 1. The first-order valence-electron chi connectivity index (χ1n) is 7.30. The summed E-state index contributed by atoms with van der Waals surface area (Å²) >= 11 is 1.74. The number of rotatable bonds is 6. The van der Waals surface area contributed by atoms with Crippen LogP contribution in [0.4, 0.5) is 0 Å². The summed E-state index contributed by atoms with van der Waals surface area (Å²) in [5.74, 6) is 0.926. The maximum absolute atomic E-state index is 5.80. The molecule has 0 aliphatic rings. The van der Waals surface area contributed by atoms with Crippen molar-refractivity contribution >= 4 is 11.3 Å². The van der Waals surface area contributed by atoms with Crippen LogP contribution in [0, 0.1) is 0 Å². The molecule has 0 spiro atoms. The third-order valence-corrected chi connectivity index (χ3v) is 4.31. The zero-order valence-corrected chi connectivity index (χ0v) is 14.1. The lowest BCUT2D eigenvalue weighted by Crippen LogP contribution is -2.10. The molecule has 1 aromatic heterocycles. The minimum Gasteiger partial charge on any atom is -0.493 e. The molecule has 1 N–H and O–H groups in total. The van der Waals surface area contributed by atoms with Crippen LogP contribution in [0.3, 0.4) is 0 Å². The molecule has 0 saturated carbocycles. The second kappa shape index (κ2) is 7.05. The Labute approximate surface area is 131 Å². The monoisotopic (exact) mass is 304 g/mol. The van der Waals surface area contributed by atoms with Crippen molar-refractivity contribution in [3.8, 4) is 5.75 Å². The first kappa shape index (κ1) is 16.0. The predicted octanol–water partition coefficient (Wildman–Crippen LogP) is 3.78. The van der Waals surface area contributed by atoms with Gasteiger partial charge in [-0.3, -0.25) is 0 Å². The summed E-state index contributed by atoms with van der Waals surface area (Å²) < 4.78 is 5.80. The van der Waals surface area contributed by atoms with Gasteiger partial charge in [0.1, 0.15) is 5.75 Å². The Balaban J connectivity index is 1.82. The number of benzene rings is 1. The van der Waals surface area contributed by atoms with E-state index in [1.54, 1.807) is 11.3 Å². The van der Waals surface area contributed by atoms with E-state index < -0.39 is 0 Å². The maximum Gasteiger partial charge on any atom is 0.119 e. The normalized spacial score (nSPS) is 11.6. The van der Waals surface area contributed by atoms with Crippen molar-refractivity contribution in [1.82, 2.24) is 10.3 Å². The highest BCUT2D eigenvalue weighted by Gasteiger charge is 2.12. The predicted molar refractivity (Wildman–Crippen MR) is 89.2 cm³/mol. The molecule has 0 saturated heterocycles. The minimum atomic E-state index is 0.184. The molecular formula is C17H24N2OS. The van der Waals surface area contributed by atoms with Crippen molar-refractivity contribution in [3.63, 3.8) is 0 Å². The molecule has 1 aromatic carbocycles. The average Bonchev–Trinajstić information content (AvgIpc) is 2.86. The summed E-state index contributed by atoms with van der Waals surface area (Å²) in [6.07, 6.45) is 2.80. The van der Waals surface area contributed by atoms with Gasteiger partial charge in [-0.25, -0.2) is 4.98 Å². The third-order valence-electron chi connectivity index (χ3n) is 3.26. The van der Waals surface area contributed by atoms with Gasteiger partial charge in [0.05, 0.1) is 11.6 Å². The minimum absolute atomic E-state index is 0.184. The molecule has 1 heterocycles. The molecule has 0 radical (unpaired) electrons. The number of thiazole rings is 1. The SMILES string of the molecule is CNCc1cnc(CCOc2ccc(C(C)(C)C)cc2)s1. The molecule has 21 heavy (non-hydrogen) atoms. The second-order valence-electron chi connectivity index (χ2n) is 6.12. The van der Waals surface area contributed by atoms with Crippen molar-refractivity contribution in [1.29, 1.82) is 0 Å². The Morgan fingerprint density at radius 2 is 1.90 bits per heavy atom. The van der Waals surface area contributed by atoms with Gasteiger partial charge in [-0.2, -0.15) is 0 Å². The Bertz CT molecular complexity index is 555. The van der Waals surface area contributed by atoms with E-state index in [9.17, 15) is 0 Å². The molecule has 0 aliphatic carbocycles. The summed E-state index contributed by atoms with van der Waals surface area (Å²) in [5, 5.41) is 4.27. The van der Waals surface area contributed by atoms with Crippen LogP contribution in [0.15, 0.2) is 30.5 Å². The number of nitrogens with one attached hydrogen (secondary N) is 1. The van der Waals surface area contributed by atoms with Gasteiger partial charge in [0.15, 0.2) is 0 Å². The molecule has 0 amide bonds. The molecule has 2 aromatic rings. The van der Waals surface area contributed by atoms with E-state index in [0.29, 0.717) is 6.61 Å². The van der Waals surface area contributed by atoms with Crippen LogP contribution in [-0.2, 0) is 18.4 Å². The summed E-state index contributed by atoms with van der Waals surface area (Å²) in [7, 11) is 1.95. The molecule has 0 bridgehead atoms. The van der Waals surface area contributed by atoms with Gasteiger partial charge in [-0.1, -0.05) is 32.9 Å². The van der Waals surface area contributed by atoms with Crippen molar-refractivity contribution in [3.05, 3.63) is 45.9 Å². The van der Waals surface area contributed by atoms with Crippen molar-refractivity contribution in [2.24, 2.45) is 0 Å². The van der Waals surface area contributed by atoms with Crippen molar-refractivity contribution in [2.45, 2.75) is 39.2 Å². The fraction of sp³-hybridized carbons (Fsp3) is 0.471. The Hall–Kier alpha value is -1.39. The lowest BCUT2D eigenvalue weighted by Gasteiger charge is -2.19. The van der Waals surface area contributed by atoms with Crippen molar-refractivity contribution in [2.75, 3.05) is 13.7 Å². The highest BCUT2D eigenvalue weighted by Crippen LogP contribution is 2.24. The molecule has 4 heteroatoms. The van der Waals surface area contributed by atoms with Gasteiger partial charge in [0.25, 0.3) is 0 Å². The fourth-order valence-corrected chi connectivity index (χ4v) is 2.94. The van der Waals surface area contributed by atoms with Crippen LogP contribution in [0.5, 0.6) is 5.75 Å². The van der Waals surface area contributed by atoms with Crippen LogP contribution in [0.2, 0.25) is 0 Å². The van der Waals surface area contributed by atoms with Gasteiger partial charge in [-0.05, 0) is 30.2 Å². The van der Waals surface area contributed by atoms with E-state index in [1.807, 2.05) is 13.2 Å². The van der Waals surface area contributed by atoms with Crippen LogP contribution in [-0.4, -0.2) is 18.6 Å². The zero-order chi connectivity index (χ0) is 15.3. The average molecular weight is 304 g/mol. The number of aromatic nitrogens is 1. The maximum atomic E-state index is 5.80. The van der Waals surface area contributed by atoms with E-state index >= 15 is 0 Å². The van der Waals surface area contributed by atoms with E-state index in [0.717, 1.165) is 23.7 Å². The summed E-state index contributed by atoms with van der Waals surface area (Å²) in [5.41, 5.74) is 1.51. The summed E-state index contributed by atoms with van der Waals surface area (Å²) in [6.45, 7) is 8.20. The van der Waals surface area contributed by atoms with Gasteiger partial charge in [-0.15, -0.1) is 11.3 Å². The van der Waals surface area contributed by atoms with Crippen LogP contribution in [0.25, 0.3) is 0 Å². The smallest absolute Gasteiger partial charge is 0.119 e. The standard InChI is InChI=1S/C17H24N2OS/c1-17(2,3)13-5-7-14(8-6-13)20-10-9-16-19-12-15(21-16)11-18-4/h5-8,12,18H,9-11H2,1-4H3. The molecule has 114 valence electrons. The highest BCUT2D eigenvalue weighted by atomic mass is 32.1. The molecular weight excluding hydrogens is 280 g/mol. The third kappa shape index (κ3) is 4.83. The second-order valence-corrected chi connectivity index (χ2v) is 7.32. The van der Waals surface area contributed by atoms with Gasteiger partial charge in [0, 0.05) is 24.0 Å². The van der Waals surface area contributed by atoms with Gasteiger partial charge >= 0.3 is 0 Å². The Morgan fingerprint density at radius 3 is 2.52 bits per heavy atom. The summed E-state index contributed by atoms with van der Waals surface area (Å²) in [4.78, 5) is 5.68. The lowest BCUT2D eigenvalue weighted by atomic mass is 9.87. The number of hydrogen-bond acceptors (Lipinski definition) is 4. The van der Waals surface area contributed by atoms with Crippen LogP contribution < -0.4 is 10.1 Å². The van der Waals surface area contributed by atoms with E-state index in [1.165, 1.54) is 10.4 Å². The van der Waals surface area contributed by atoms with Gasteiger partial charge in [0.2, 0.25) is 0 Å². The Morgan fingerprint density at radius 1 is 1.19 bits per heavy atom. The fourth-order valence-electron chi connectivity index (χ4n) is 2.03. The molecule has 0 unspecified atom stereocenters. The first-order valence-corrected chi connectivity index (χ1v) is 8.12. The highest BCUT2D eigenvalue weighted by molar-refractivity contribution is 7.11. The molecule has 3 nitrogen and oxygen atoms in total. The molecule has 0 fully saturated rings. The number of nitrogens with zero attached hydrogens (tertiary/aromatic N) is 1. The van der Waals surface area contributed by atoms with Crippen LogP contribution >= 0.6 is 11.3 Å². The molecule has 0 atom stereocenters. The van der Waals surface area contributed by atoms with E-state index in [4.69, 9.17) is 4.74 Å². The van der Waals surface area contributed by atoms with E-state index in [-0.39, 0.29) is 5.41 Å². The van der Waals surface area contributed by atoms with Crippen LogP contribution in [0.1, 0.15) is 36.2 Å². The lowest BCUT2D eigenvalue weighted by molar-refractivity contribution is 0.321. The molecule has 2 rings (SSSR count). The topological polar surface area (TPSA) is 34.2 Å². The summed E-state index contributed by atoms with van der Waals surface area (Å²) in [6, 6.07) is 8.39. The van der Waals surface area contributed by atoms with Crippen molar-refractivity contribution < 1.29 is 4.74 Å². The first-order chi connectivity index (χ1) is 9.99. The zero-order valence-electron chi connectivity index (χ0n) is 13.3. The van der Waals surface area contributed by atoms with Gasteiger partial charge < -0.3 is 10.1 Å². The number of hydrogen-bond donors (Lipinski definition) is 1.